The van der Waals surface area contributed by atoms with Gasteiger partial charge in [-0.05, 0) is 134 Å². The first-order chi connectivity index (χ1) is 44.2. The molecule has 10 aromatic rings. The van der Waals surface area contributed by atoms with Gasteiger partial charge >= 0.3 is 7.12 Å². The number of hydrogen-bond donors (Lipinski definition) is 2. The fraction of sp³-hybridized carbons (Fsp3) is 0.385. The number of aldehydes is 2. The summed E-state index contributed by atoms with van der Waals surface area (Å²) >= 11 is 12.2. The van der Waals surface area contributed by atoms with E-state index in [1.54, 1.807) is 84.5 Å². The molecule has 93 heavy (non-hydrogen) atoms. The molecule has 15 rings (SSSR count). The van der Waals surface area contributed by atoms with E-state index in [2.05, 4.69) is 54.7 Å². The number of fused-ring (bicyclic) bond motifs is 8. The van der Waals surface area contributed by atoms with Crippen LogP contribution in [0.4, 0.5) is 21.6 Å². The molecule has 0 aromatic carbocycles. The summed E-state index contributed by atoms with van der Waals surface area (Å²) in [4.78, 5) is 103. The number of rotatable bonds is 10. The fourth-order valence-electron chi connectivity index (χ4n) is 12.2. The number of pyridine rings is 4. The van der Waals surface area contributed by atoms with Gasteiger partial charge in [-0.25, -0.2) is 19.9 Å². The number of aryl methyl sites for hydroxylation is 6. The minimum absolute atomic E-state index is 0. The molecule has 1 fully saturated rings. The number of likely N-dealkylation sites (N-methyl/N-ethyl adjacent to an activating group) is 2. The molecule has 5 aliphatic rings. The highest BCUT2D eigenvalue weighted by Gasteiger charge is 2.52. The maximum Gasteiger partial charge on any atom is 0.496 e. The second kappa shape index (κ2) is 26.2. The maximum absolute atomic E-state index is 13.6. The molecule has 482 valence electrons. The summed E-state index contributed by atoms with van der Waals surface area (Å²) in [5.74, 6) is 0.335. The Labute approximate surface area is 557 Å². The van der Waals surface area contributed by atoms with E-state index in [9.17, 15) is 28.8 Å². The average molecular weight is 1350 g/mol. The summed E-state index contributed by atoms with van der Waals surface area (Å²) in [5.41, 5.74) is 6.16. The Morgan fingerprint density at radius 2 is 1.06 bits per heavy atom. The van der Waals surface area contributed by atoms with Gasteiger partial charge in [-0.15, -0.1) is 45.3 Å². The van der Waals surface area contributed by atoms with Crippen molar-refractivity contribution in [3.05, 3.63) is 161 Å². The second-order valence-electron chi connectivity index (χ2n) is 24.7. The van der Waals surface area contributed by atoms with Crippen molar-refractivity contribution in [1.82, 2.24) is 58.4 Å². The van der Waals surface area contributed by atoms with Crippen molar-refractivity contribution < 1.29 is 18.9 Å². The smallest absolute Gasteiger partial charge is 0.399 e. The monoisotopic (exact) mass is 1350 g/mol. The number of carbonyl (C=O) groups excluding carboxylic acids is 2. The lowest BCUT2D eigenvalue weighted by Gasteiger charge is -2.32. The molecule has 0 bridgehead atoms. The summed E-state index contributed by atoms with van der Waals surface area (Å²) in [5, 5.41) is 18.6. The third-order valence-electron chi connectivity index (χ3n) is 17.9. The van der Waals surface area contributed by atoms with Crippen molar-refractivity contribution in [2.75, 3.05) is 37.8 Å². The number of nitrogens with one attached hydrogen (secondary N) is 2. The molecular weight excluding hydrogens is 1280 g/mol. The number of thiazole rings is 2. The molecule has 3 aliphatic heterocycles. The molecule has 0 atom stereocenters. The number of carbonyl (C=O) groups is 2. The SMILES string of the molecule is C.CN1CCc2nc(Nc3cc(-c4ccnc(-n5ncc6c7c(sc6c5=O)CCCC7)c4C=O)cn(C)c3=O)sc2C1.CN1CCc2nc(Nc3cc(B4OC(C)(C)C(C)(C)O4)cn(C)c3=O)sc2C1.O=Cc1c(Cl)ccnc1-n1ncc2c3c(sc2c1=O)CCCC3. The van der Waals surface area contributed by atoms with E-state index < -0.39 is 18.3 Å². The van der Waals surface area contributed by atoms with Gasteiger partial charge in [0, 0.05) is 119 Å². The van der Waals surface area contributed by atoms with E-state index in [0.29, 0.717) is 49.6 Å². The topological polar surface area (TPSA) is 248 Å². The van der Waals surface area contributed by atoms with Gasteiger partial charge in [-0.3, -0.25) is 28.8 Å². The van der Waals surface area contributed by atoms with Crippen LogP contribution in [0.5, 0.6) is 0 Å². The van der Waals surface area contributed by atoms with Crippen LogP contribution < -0.4 is 38.3 Å². The number of aromatic nitrogens is 10. The summed E-state index contributed by atoms with van der Waals surface area (Å²) in [6.07, 6.45) is 21.5. The molecule has 2 aliphatic carbocycles. The Balaban J connectivity index is 0.000000140. The molecule has 0 saturated carbocycles. The maximum atomic E-state index is 13.6. The Bertz CT molecular complexity index is 4840. The Kier molecular flexibility index (Phi) is 18.4. The van der Waals surface area contributed by atoms with E-state index in [1.807, 2.05) is 33.8 Å². The van der Waals surface area contributed by atoms with Gasteiger partial charge in [0.2, 0.25) is 0 Å². The zero-order valence-electron chi connectivity index (χ0n) is 52.0. The molecule has 13 heterocycles. The van der Waals surface area contributed by atoms with E-state index in [0.717, 1.165) is 123 Å². The minimum Gasteiger partial charge on any atom is -0.399 e. The van der Waals surface area contributed by atoms with Gasteiger partial charge in [-0.2, -0.15) is 19.6 Å². The predicted molar refractivity (Wildman–Crippen MR) is 371 cm³/mol. The van der Waals surface area contributed by atoms with Crippen molar-refractivity contribution in [2.45, 2.75) is 124 Å². The number of halogens is 1. The molecule has 22 nitrogen and oxygen atoms in total. The molecule has 10 aromatic heterocycles. The lowest BCUT2D eigenvalue weighted by molar-refractivity contribution is 0.00578. The van der Waals surface area contributed by atoms with Gasteiger partial charge in [-0.1, -0.05) is 19.0 Å². The van der Waals surface area contributed by atoms with E-state index in [4.69, 9.17) is 30.9 Å². The van der Waals surface area contributed by atoms with Crippen molar-refractivity contribution >= 4 is 124 Å². The molecule has 0 radical (unpaired) electrons. The first-order valence-electron chi connectivity index (χ1n) is 30.4. The normalized spacial score (nSPS) is 16.4. The molecule has 1 saturated heterocycles. The van der Waals surface area contributed by atoms with Crippen LogP contribution in [0.15, 0.2) is 80.6 Å². The van der Waals surface area contributed by atoms with Crippen LogP contribution in [0.25, 0.3) is 42.9 Å². The number of nitrogens with zero attached hydrogens (tertiary/aromatic N) is 12. The van der Waals surface area contributed by atoms with Crippen LogP contribution in [-0.2, 0) is 75.0 Å². The lowest BCUT2D eigenvalue weighted by Crippen LogP contribution is -2.41. The van der Waals surface area contributed by atoms with Crippen LogP contribution in [0.3, 0.4) is 0 Å². The predicted octanol–water partition coefficient (Wildman–Crippen LogP) is 9.78. The molecular formula is C65H70BClN14O8S4. The lowest BCUT2D eigenvalue weighted by atomic mass is 9.80. The first kappa shape index (κ1) is 65.3. The first-order valence-corrected chi connectivity index (χ1v) is 34.1. The quantitative estimate of drug-likeness (QED) is 0.0955. The molecule has 28 heteroatoms. The molecule has 2 N–H and O–H groups in total. The minimum atomic E-state index is -0.518. The molecule has 0 unspecified atom stereocenters. The third-order valence-corrected chi connectivity index (χ3v) is 22.8. The van der Waals surface area contributed by atoms with Gasteiger partial charge < -0.3 is 38.9 Å². The third kappa shape index (κ3) is 12.5. The van der Waals surface area contributed by atoms with Crippen molar-refractivity contribution in [2.24, 2.45) is 14.1 Å². The Hall–Kier alpha value is -7.73. The van der Waals surface area contributed by atoms with Gasteiger partial charge in [0.05, 0.1) is 51.1 Å². The van der Waals surface area contributed by atoms with Crippen LogP contribution >= 0.6 is 56.9 Å². The number of thiophene rings is 2. The van der Waals surface area contributed by atoms with Crippen molar-refractivity contribution in [1.29, 1.82) is 0 Å². The summed E-state index contributed by atoms with van der Waals surface area (Å²) in [6, 6.07) is 6.76. The van der Waals surface area contributed by atoms with E-state index >= 15 is 0 Å². The van der Waals surface area contributed by atoms with Crippen molar-refractivity contribution in [3.63, 3.8) is 0 Å². The van der Waals surface area contributed by atoms with Crippen LogP contribution in [-0.4, -0.2) is 117 Å². The Morgan fingerprint density at radius 3 is 1.58 bits per heavy atom. The number of anilines is 4. The van der Waals surface area contributed by atoms with Gasteiger partial charge in [0.1, 0.15) is 20.8 Å². The average Bonchev–Trinajstić information content (AvgIpc) is 1.69. The second-order valence-corrected chi connectivity index (χ2v) is 29.5. The van der Waals surface area contributed by atoms with Crippen LogP contribution in [0.1, 0.15) is 124 Å². The summed E-state index contributed by atoms with van der Waals surface area (Å²) in [7, 11) is 7.08. The molecule has 0 amide bonds. The number of hydrogen-bond acceptors (Lipinski definition) is 22. The van der Waals surface area contributed by atoms with E-state index in [-0.39, 0.29) is 57.4 Å². The fourth-order valence-corrected chi connectivity index (χ4v) is 17.1. The standard InChI is InChI=1S/C29H27N7O3S2.C19H27BN4O3S.C16H12ClN3O2S.CH4/c1-34-10-8-21-24(14-34)41-29(32-21)33-22-11-16(13-35(2)27(22)38)17-7-9-30-26(20(17)15-37)36-28(39)25-19(12-31-36)18-5-3-4-6-23(18)40-25;1-18(2)19(3,4)27-20(26-18)12-9-14(16(25)24(6)10-12)22-17-21-13-7-8-23(5)11-15(13)28-17;17-12-5-6-18-15(11(12)8-21)20-16(22)14-10(7-19-20)9-3-1-2-4-13(9)23-14;/h7,9,11-13,15H,3-6,8,10,14H2,1-2H3,(H,32,33);9-10H,7-8,11H2,1-6H3,(H,21,22);5-8H,1-4H2;1H4. The zero-order chi connectivity index (χ0) is 64.5. The highest BCUT2D eigenvalue weighted by molar-refractivity contribution is 7.19. The van der Waals surface area contributed by atoms with Crippen LogP contribution in [0.2, 0.25) is 5.02 Å². The highest BCUT2D eigenvalue weighted by atomic mass is 35.5. The summed E-state index contributed by atoms with van der Waals surface area (Å²) in [6.45, 7) is 11.8. The Morgan fingerprint density at radius 1 is 0.591 bits per heavy atom. The molecule has 0 spiro atoms. The zero-order valence-corrected chi connectivity index (χ0v) is 56.1. The summed E-state index contributed by atoms with van der Waals surface area (Å²) < 4.78 is 19.0. The van der Waals surface area contributed by atoms with Crippen molar-refractivity contribution in [3.8, 4) is 22.8 Å². The largest absolute Gasteiger partial charge is 0.496 e. The van der Waals surface area contributed by atoms with Gasteiger partial charge in [0.15, 0.2) is 34.5 Å². The van der Waals surface area contributed by atoms with Gasteiger partial charge in [0.25, 0.3) is 22.2 Å². The van der Waals surface area contributed by atoms with Crippen LogP contribution in [0, 0.1) is 0 Å². The highest BCUT2D eigenvalue weighted by Crippen LogP contribution is 2.39. The van der Waals surface area contributed by atoms with E-state index in [1.165, 1.54) is 79.5 Å².